The minimum atomic E-state index is -0.0475. The predicted molar refractivity (Wildman–Crippen MR) is 90.3 cm³/mol. The van der Waals surface area contributed by atoms with Crippen molar-refractivity contribution >= 4 is 34.8 Å². The van der Waals surface area contributed by atoms with Crippen LogP contribution in [0, 0.1) is 5.92 Å². The van der Waals surface area contributed by atoms with Gasteiger partial charge >= 0.3 is 0 Å². The molecule has 4 nitrogen and oxygen atoms in total. The summed E-state index contributed by atoms with van der Waals surface area (Å²) in [6.45, 7) is 3.61. The number of nitrogens with zero attached hydrogens (tertiary/aromatic N) is 1. The molecule has 1 aromatic heterocycles. The Morgan fingerprint density at radius 2 is 2.23 bits per heavy atom. The molecule has 2 rings (SSSR count). The second kappa shape index (κ2) is 8.53. The van der Waals surface area contributed by atoms with Crippen LogP contribution in [0.2, 0.25) is 4.34 Å². The van der Waals surface area contributed by atoms with E-state index in [1.807, 2.05) is 6.07 Å². The summed E-state index contributed by atoms with van der Waals surface area (Å²) in [6.07, 6.45) is 4.81. The zero-order chi connectivity index (χ0) is 15.9. The molecule has 1 saturated heterocycles. The molecular formula is C16H23ClN2O2S. The third-order valence-electron chi connectivity index (χ3n) is 4.02. The molecule has 0 aliphatic carbocycles. The highest BCUT2D eigenvalue weighted by atomic mass is 35.5. The van der Waals surface area contributed by atoms with Crippen molar-refractivity contribution in [3.05, 3.63) is 21.3 Å². The molecule has 122 valence electrons. The molecule has 6 heteroatoms. The van der Waals surface area contributed by atoms with Crippen molar-refractivity contribution in [1.29, 1.82) is 0 Å². The summed E-state index contributed by atoms with van der Waals surface area (Å²) in [6, 6.07) is 3.98. The van der Waals surface area contributed by atoms with E-state index in [2.05, 4.69) is 11.4 Å². The molecule has 1 aliphatic heterocycles. The summed E-state index contributed by atoms with van der Waals surface area (Å²) in [4.78, 5) is 26.6. The first-order valence-electron chi connectivity index (χ1n) is 7.83. The summed E-state index contributed by atoms with van der Waals surface area (Å²) in [7, 11) is 0. The van der Waals surface area contributed by atoms with Crippen LogP contribution in [0.4, 0.5) is 0 Å². The van der Waals surface area contributed by atoms with Crippen LogP contribution in [-0.2, 0) is 16.0 Å². The van der Waals surface area contributed by atoms with Crippen LogP contribution >= 0.6 is 22.9 Å². The number of rotatable bonds is 6. The molecule has 0 saturated carbocycles. The monoisotopic (exact) mass is 342 g/mol. The van der Waals surface area contributed by atoms with Crippen molar-refractivity contribution in [1.82, 2.24) is 10.2 Å². The molecule has 0 unspecified atom stereocenters. The van der Waals surface area contributed by atoms with Gasteiger partial charge in [0.2, 0.25) is 11.8 Å². The van der Waals surface area contributed by atoms with Gasteiger partial charge in [0, 0.05) is 31.4 Å². The smallest absolute Gasteiger partial charge is 0.224 e. The number of hydrogen-bond donors (Lipinski definition) is 1. The van der Waals surface area contributed by atoms with Gasteiger partial charge < -0.3 is 10.2 Å². The molecule has 0 aromatic carbocycles. The lowest BCUT2D eigenvalue weighted by molar-refractivity contribution is -0.133. The fraction of sp³-hybridized carbons (Fsp3) is 0.625. The maximum atomic E-state index is 12.1. The van der Waals surface area contributed by atoms with E-state index in [9.17, 15) is 9.59 Å². The van der Waals surface area contributed by atoms with E-state index in [-0.39, 0.29) is 17.7 Å². The van der Waals surface area contributed by atoms with Crippen LogP contribution in [0.3, 0.4) is 0 Å². The Hall–Kier alpha value is -1.07. The number of likely N-dealkylation sites (tertiary alicyclic amines) is 1. The molecule has 1 fully saturated rings. The molecule has 2 heterocycles. The van der Waals surface area contributed by atoms with Gasteiger partial charge in [0.15, 0.2) is 0 Å². The third-order valence-corrected chi connectivity index (χ3v) is 5.31. The molecule has 1 N–H and O–H groups in total. The number of carbonyl (C=O) groups is 2. The predicted octanol–water partition coefficient (Wildman–Crippen LogP) is 3.10. The first-order chi connectivity index (χ1) is 10.6. The lowest BCUT2D eigenvalue weighted by Crippen LogP contribution is -2.44. The zero-order valence-electron chi connectivity index (χ0n) is 12.9. The van der Waals surface area contributed by atoms with Gasteiger partial charge in [-0.1, -0.05) is 11.6 Å². The van der Waals surface area contributed by atoms with Gasteiger partial charge in [-0.15, -0.1) is 11.3 Å². The minimum Gasteiger partial charge on any atom is -0.356 e. The van der Waals surface area contributed by atoms with E-state index >= 15 is 0 Å². The van der Waals surface area contributed by atoms with Crippen molar-refractivity contribution in [2.24, 2.45) is 5.92 Å². The van der Waals surface area contributed by atoms with Gasteiger partial charge in [0.05, 0.1) is 10.3 Å². The minimum absolute atomic E-state index is 0.0475. The molecule has 22 heavy (non-hydrogen) atoms. The fourth-order valence-electron chi connectivity index (χ4n) is 2.74. The summed E-state index contributed by atoms with van der Waals surface area (Å²) in [5, 5.41) is 3.00. The summed E-state index contributed by atoms with van der Waals surface area (Å²) in [5.41, 5.74) is 0. The molecule has 1 atom stereocenters. The van der Waals surface area contributed by atoms with E-state index in [0.717, 1.165) is 43.0 Å². The summed E-state index contributed by atoms with van der Waals surface area (Å²) < 4.78 is 0.829. The highest BCUT2D eigenvalue weighted by Crippen LogP contribution is 2.22. The molecule has 2 amide bonds. The number of piperidine rings is 1. The first-order valence-corrected chi connectivity index (χ1v) is 9.03. The van der Waals surface area contributed by atoms with Gasteiger partial charge in [0.1, 0.15) is 0 Å². The maximum Gasteiger partial charge on any atom is 0.224 e. The van der Waals surface area contributed by atoms with E-state index < -0.39 is 0 Å². The standard InChI is InChI=1S/C16H23ClN2O2S/c1-12(20)19-10-4-5-13(11-19)16(21)18-9-3-2-6-14-7-8-15(17)22-14/h7-8,13H,2-6,9-11H2,1H3,(H,18,21)/t13-/m1/s1. The van der Waals surface area contributed by atoms with Gasteiger partial charge in [-0.05, 0) is 44.2 Å². The van der Waals surface area contributed by atoms with Crippen LogP contribution in [0.1, 0.15) is 37.5 Å². The quantitative estimate of drug-likeness (QED) is 0.807. The molecule has 0 spiro atoms. The molecule has 0 bridgehead atoms. The van der Waals surface area contributed by atoms with Crippen molar-refractivity contribution in [2.45, 2.75) is 39.0 Å². The molecule has 0 radical (unpaired) electrons. The number of nitrogens with one attached hydrogen (secondary N) is 1. The van der Waals surface area contributed by atoms with Gasteiger partial charge in [-0.25, -0.2) is 0 Å². The Kier molecular flexibility index (Phi) is 6.70. The average Bonchev–Trinajstić information content (AvgIpc) is 2.92. The summed E-state index contributed by atoms with van der Waals surface area (Å²) in [5.74, 6) is 0.103. The Labute approximate surface area is 140 Å². The van der Waals surface area contributed by atoms with E-state index in [1.54, 1.807) is 23.2 Å². The Morgan fingerprint density at radius 1 is 1.41 bits per heavy atom. The maximum absolute atomic E-state index is 12.1. The third kappa shape index (κ3) is 5.29. The topological polar surface area (TPSA) is 49.4 Å². The number of amides is 2. The Morgan fingerprint density at radius 3 is 2.91 bits per heavy atom. The SMILES string of the molecule is CC(=O)N1CCC[C@@H](C(=O)NCCCCc2ccc(Cl)s2)C1. The number of unbranched alkanes of at least 4 members (excludes halogenated alkanes) is 1. The fourth-order valence-corrected chi connectivity index (χ4v) is 3.87. The van der Waals surface area contributed by atoms with Crippen molar-refractivity contribution in [2.75, 3.05) is 19.6 Å². The normalized spacial score (nSPS) is 18.3. The Balaban J connectivity index is 1.62. The molecular weight excluding hydrogens is 320 g/mol. The first kappa shape index (κ1) is 17.3. The average molecular weight is 343 g/mol. The number of thiophene rings is 1. The number of halogens is 1. The van der Waals surface area contributed by atoms with Crippen LogP contribution in [-0.4, -0.2) is 36.3 Å². The van der Waals surface area contributed by atoms with Crippen LogP contribution in [0.15, 0.2) is 12.1 Å². The van der Waals surface area contributed by atoms with Crippen molar-refractivity contribution in [3.63, 3.8) is 0 Å². The lowest BCUT2D eigenvalue weighted by Gasteiger charge is -2.31. The highest BCUT2D eigenvalue weighted by Gasteiger charge is 2.26. The van der Waals surface area contributed by atoms with Crippen molar-refractivity contribution in [3.8, 4) is 0 Å². The van der Waals surface area contributed by atoms with E-state index in [0.29, 0.717) is 13.1 Å². The van der Waals surface area contributed by atoms with Gasteiger partial charge in [0.25, 0.3) is 0 Å². The second-order valence-corrected chi connectivity index (χ2v) is 7.56. The van der Waals surface area contributed by atoms with E-state index in [1.165, 1.54) is 4.88 Å². The van der Waals surface area contributed by atoms with Crippen LogP contribution < -0.4 is 5.32 Å². The lowest BCUT2D eigenvalue weighted by atomic mass is 9.97. The van der Waals surface area contributed by atoms with Crippen LogP contribution in [0.5, 0.6) is 0 Å². The molecule has 1 aliphatic rings. The van der Waals surface area contributed by atoms with Gasteiger partial charge in [-0.2, -0.15) is 0 Å². The Bertz CT molecular complexity index is 518. The van der Waals surface area contributed by atoms with Gasteiger partial charge in [-0.3, -0.25) is 9.59 Å². The number of aryl methyl sites for hydroxylation is 1. The second-order valence-electron chi connectivity index (χ2n) is 5.76. The zero-order valence-corrected chi connectivity index (χ0v) is 14.5. The number of carbonyl (C=O) groups excluding carboxylic acids is 2. The van der Waals surface area contributed by atoms with Crippen molar-refractivity contribution < 1.29 is 9.59 Å². The van der Waals surface area contributed by atoms with E-state index in [4.69, 9.17) is 11.6 Å². The molecule has 1 aromatic rings. The number of hydrogen-bond acceptors (Lipinski definition) is 3. The highest BCUT2D eigenvalue weighted by molar-refractivity contribution is 7.16. The summed E-state index contributed by atoms with van der Waals surface area (Å²) >= 11 is 7.51. The largest absolute Gasteiger partial charge is 0.356 e. The van der Waals surface area contributed by atoms with Crippen LogP contribution in [0.25, 0.3) is 0 Å².